The number of aryl methyl sites for hydroxylation is 1. The number of anilines is 1. The normalized spacial score (nSPS) is 16.0. The number of aromatic nitrogens is 2. The summed E-state index contributed by atoms with van der Waals surface area (Å²) in [6, 6.07) is 14.4. The fourth-order valence-electron chi connectivity index (χ4n) is 4.44. The Morgan fingerprint density at radius 3 is 2.61 bits per heavy atom. The quantitative estimate of drug-likeness (QED) is 0.490. The van der Waals surface area contributed by atoms with Crippen LogP contribution in [0.25, 0.3) is 5.69 Å². The number of carbonyl (C=O) groups excluding carboxylic acids is 2. The first-order valence-electron chi connectivity index (χ1n) is 12.2. The van der Waals surface area contributed by atoms with E-state index in [2.05, 4.69) is 26.1 Å². The van der Waals surface area contributed by atoms with Crippen LogP contribution < -0.4 is 10.2 Å². The van der Waals surface area contributed by atoms with Crippen molar-refractivity contribution in [3.8, 4) is 5.69 Å². The average Bonchev–Trinajstić information content (AvgIpc) is 3.16. The molecule has 0 saturated carbocycles. The fraction of sp³-hybridized carbons (Fsp3) is 0.393. The van der Waals surface area contributed by atoms with Crippen molar-refractivity contribution in [2.45, 2.75) is 51.7 Å². The molecule has 1 aliphatic heterocycles. The Bertz CT molecular complexity index is 1280. The van der Waals surface area contributed by atoms with E-state index < -0.39 is 0 Å². The molecule has 190 valence electrons. The van der Waals surface area contributed by atoms with Crippen LogP contribution in [0.1, 0.15) is 61.7 Å². The van der Waals surface area contributed by atoms with Gasteiger partial charge in [-0.25, -0.2) is 9.07 Å². The molecule has 0 spiro atoms. The lowest BCUT2D eigenvalue weighted by Gasteiger charge is -2.24. The summed E-state index contributed by atoms with van der Waals surface area (Å²) in [5, 5.41) is 7.64. The van der Waals surface area contributed by atoms with Crippen LogP contribution in [-0.2, 0) is 15.0 Å². The topological polar surface area (TPSA) is 67.2 Å². The lowest BCUT2D eigenvalue weighted by atomic mass is 9.87. The summed E-state index contributed by atoms with van der Waals surface area (Å²) < 4.78 is 16.1. The molecule has 6 nitrogen and oxygen atoms in total. The highest BCUT2D eigenvalue weighted by atomic mass is 32.2. The second kappa shape index (κ2) is 10.5. The van der Waals surface area contributed by atoms with Gasteiger partial charge in [0.15, 0.2) is 0 Å². The van der Waals surface area contributed by atoms with Crippen LogP contribution in [0.15, 0.2) is 48.5 Å². The molecule has 0 unspecified atom stereocenters. The third-order valence-electron chi connectivity index (χ3n) is 6.17. The van der Waals surface area contributed by atoms with Gasteiger partial charge in [-0.3, -0.25) is 14.5 Å². The molecule has 2 aromatic carbocycles. The van der Waals surface area contributed by atoms with Crippen LogP contribution in [0.3, 0.4) is 0 Å². The molecule has 3 aromatic rings. The van der Waals surface area contributed by atoms with E-state index in [0.717, 1.165) is 34.5 Å². The van der Waals surface area contributed by atoms with E-state index in [-0.39, 0.29) is 40.6 Å². The maximum atomic E-state index is 14.3. The molecule has 2 amide bonds. The van der Waals surface area contributed by atoms with Gasteiger partial charge >= 0.3 is 0 Å². The van der Waals surface area contributed by atoms with Crippen molar-refractivity contribution >= 4 is 29.4 Å². The number of nitrogens with one attached hydrogen (secondary N) is 1. The minimum Gasteiger partial charge on any atom is -0.355 e. The molecule has 0 fully saturated rings. The lowest BCUT2D eigenvalue weighted by Crippen LogP contribution is -2.42. The van der Waals surface area contributed by atoms with Gasteiger partial charge in [0.05, 0.1) is 22.4 Å². The first-order valence-corrected chi connectivity index (χ1v) is 13.3. The van der Waals surface area contributed by atoms with Gasteiger partial charge in [0, 0.05) is 17.5 Å². The van der Waals surface area contributed by atoms with Crippen LogP contribution in [0.5, 0.6) is 0 Å². The van der Waals surface area contributed by atoms with Crippen molar-refractivity contribution in [1.82, 2.24) is 15.1 Å². The summed E-state index contributed by atoms with van der Waals surface area (Å²) in [7, 11) is 0. The van der Waals surface area contributed by atoms with Crippen LogP contribution in [0, 0.1) is 12.7 Å². The summed E-state index contributed by atoms with van der Waals surface area (Å²) in [5.74, 6) is 0.00539. The first-order chi connectivity index (χ1) is 17.1. The van der Waals surface area contributed by atoms with Gasteiger partial charge < -0.3 is 5.32 Å². The summed E-state index contributed by atoms with van der Waals surface area (Å²) >= 11 is 1.45. The summed E-state index contributed by atoms with van der Waals surface area (Å²) in [6.45, 7) is 10.7. The highest BCUT2D eigenvalue weighted by molar-refractivity contribution is 8.00. The van der Waals surface area contributed by atoms with Crippen molar-refractivity contribution in [1.29, 1.82) is 0 Å². The third kappa shape index (κ3) is 5.19. The van der Waals surface area contributed by atoms with Gasteiger partial charge in [-0.2, -0.15) is 5.10 Å². The van der Waals surface area contributed by atoms with E-state index in [1.54, 1.807) is 15.6 Å². The average molecular weight is 509 g/mol. The molecular formula is C28H33FN4O2S. The van der Waals surface area contributed by atoms with Crippen molar-refractivity contribution in [2.24, 2.45) is 0 Å². The maximum absolute atomic E-state index is 14.3. The zero-order valence-corrected chi connectivity index (χ0v) is 22.3. The Morgan fingerprint density at radius 1 is 1.19 bits per heavy atom. The largest absolute Gasteiger partial charge is 0.355 e. The summed E-state index contributed by atoms with van der Waals surface area (Å²) in [5.41, 5.74) is 3.88. The molecule has 4 rings (SSSR count). The van der Waals surface area contributed by atoms with Crippen molar-refractivity contribution < 1.29 is 14.0 Å². The number of amides is 2. The third-order valence-corrected chi connectivity index (χ3v) is 7.42. The molecular weight excluding hydrogens is 475 g/mol. The summed E-state index contributed by atoms with van der Waals surface area (Å²) in [6.07, 6.45) is 0.803. The zero-order chi connectivity index (χ0) is 26.0. The Kier molecular flexibility index (Phi) is 7.54. The molecule has 0 bridgehead atoms. The molecule has 8 heteroatoms. The monoisotopic (exact) mass is 508 g/mol. The second-order valence-electron chi connectivity index (χ2n) is 10.1. The van der Waals surface area contributed by atoms with Gasteiger partial charge in [-0.1, -0.05) is 58.0 Å². The molecule has 1 atom stereocenters. The Balaban J connectivity index is 2.02. The number of halogens is 1. The minimum atomic E-state index is -0.367. The van der Waals surface area contributed by atoms with Crippen LogP contribution >= 0.6 is 11.8 Å². The van der Waals surface area contributed by atoms with Gasteiger partial charge in [-0.15, -0.1) is 11.8 Å². The zero-order valence-electron chi connectivity index (χ0n) is 21.5. The Morgan fingerprint density at radius 2 is 1.94 bits per heavy atom. The van der Waals surface area contributed by atoms with Gasteiger partial charge in [-0.05, 0) is 42.7 Å². The number of nitrogens with zero attached hydrogens (tertiary/aromatic N) is 3. The number of benzene rings is 2. The molecule has 1 N–H and O–H groups in total. The molecule has 0 radical (unpaired) electrons. The molecule has 1 aliphatic rings. The van der Waals surface area contributed by atoms with Crippen molar-refractivity contribution in [2.75, 3.05) is 23.7 Å². The molecule has 0 saturated heterocycles. The number of rotatable bonds is 6. The standard InChI is InChI=1S/C28H33FN4O2S/c1-6-14-30-22(34)16-32-23(35)17-36-25(19-11-9-12-20(29)15-19)24-26(28(3,4)5)31-33(27(24)32)21-13-8-7-10-18(21)2/h7-13,15,25H,6,14,16-17H2,1-5H3,(H,30,34)/t25-/m1/s1. The van der Waals surface area contributed by atoms with Crippen molar-refractivity contribution in [3.63, 3.8) is 0 Å². The second-order valence-corrected chi connectivity index (χ2v) is 11.2. The highest BCUT2D eigenvalue weighted by Gasteiger charge is 2.40. The van der Waals surface area contributed by atoms with E-state index in [1.165, 1.54) is 23.9 Å². The van der Waals surface area contributed by atoms with E-state index in [1.807, 2.05) is 44.2 Å². The maximum Gasteiger partial charge on any atom is 0.240 e. The number of fused-ring (bicyclic) bond motifs is 1. The number of hydrogen-bond acceptors (Lipinski definition) is 4. The first kappa shape index (κ1) is 25.9. The summed E-state index contributed by atoms with van der Waals surface area (Å²) in [4.78, 5) is 28.0. The van der Waals surface area contributed by atoms with Crippen LogP contribution in [-0.4, -0.2) is 40.4 Å². The molecule has 36 heavy (non-hydrogen) atoms. The number of carbonyl (C=O) groups is 2. The van der Waals surface area contributed by atoms with E-state index in [0.29, 0.717) is 12.4 Å². The molecule has 2 heterocycles. The minimum absolute atomic E-state index is 0.108. The molecule has 0 aliphatic carbocycles. The predicted molar refractivity (Wildman–Crippen MR) is 143 cm³/mol. The molecule has 1 aromatic heterocycles. The van der Waals surface area contributed by atoms with E-state index in [9.17, 15) is 14.0 Å². The van der Waals surface area contributed by atoms with Gasteiger partial charge in [0.2, 0.25) is 11.8 Å². The fourth-order valence-corrected chi connectivity index (χ4v) is 5.63. The highest BCUT2D eigenvalue weighted by Crippen LogP contribution is 2.48. The smallest absolute Gasteiger partial charge is 0.240 e. The van der Waals surface area contributed by atoms with Crippen LogP contribution in [0.4, 0.5) is 10.2 Å². The number of thioether (sulfide) groups is 1. The SMILES string of the molecule is CCCNC(=O)CN1C(=O)CS[C@H](c2cccc(F)c2)c2c(C(C)(C)C)nn(-c3ccccc3C)c21. The van der Waals surface area contributed by atoms with E-state index in [4.69, 9.17) is 5.10 Å². The Hall–Kier alpha value is -3.13. The predicted octanol–water partition coefficient (Wildman–Crippen LogP) is 5.31. The number of hydrogen-bond donors (Lipinski definition) is 1. The van der Waals surface area contributed by atoms with E-state index >= 15 is 0 Å². The van der Waals surface area contributed by atoms with Crippen molar-refractivity contribution in [3.05, 3.63) is 76.7 Å². The lowest BCUT2D eigenvalue weighted by molar-refractivity contribution is -0.122. The van der Waals surface area contributed by atoms with Gasteiger partial charge in [0.25, 0.3) is 0 Å². The van der Waals surface area contributed by atoms with Crippen LogP contribution in [0.2, 0.25) is 0 Å². The Labute approximate surface area is 216 Å². The van der Waals surface area contributed by atoms with Gasteiger partial charge in [0.1, 0.15) is 18.2 Å². The number of para-hydroxylation sites is 1.